The number of rotatable bonds is 2. The normalized spacial score (nSPS) is 24.7. The van der Waals surface area contributed by atoms with Crippen molar-refractivity contribution in [2.45, 2.75) is 31.6 Å². The van der Waals surface area contributed by atoms with Gasteiger partial charge in [0.05, 0.1) is 24.8 Å². The first kappa shape index (κ1) is 13.8. The molecule has 0 N–H and O–H groups in total. The second kappa shape index (κ2) is 5.78. The summed E-state index contributed by atoms with van der Waals surface area (Å²) < 4.78 is 22.1. The van der Waals surface area contributed by atoms with E-state index in [2.05, 4.69) is 0 Å². The van der Waals surface area contributed by atoms with Gasteiger partial charge in [-0.05, 0) is 31.4 Å². The number of hydrogen-bond acceptors (Lipinski definition) is 5. The Labute approximate surface area is 128 Å². The molecule has 2 fully saturated rings. The lowest BCUT2D eigenvalue weighted by atomic mass is 10.00. The zero-order valence-corrected chi connectivity index (χ0v) is 12.3. The molecular formula is C16H19NO5. The van der Waals surface area contributed by atoms with Crippen LogP contribution in [0.5, 0.6) is 11.5 Å². The van der Waals surface area contributed by atoms with Crippen LogP contribution in [0.4, 0.5) is 0 Å². The Balaban J connectivity index is 1.61. The lowest BCUT2D eigenvalue weighted by molar-refractivity contribution is -0.100. The van der Waals surface area contributed by atoms with Crippen LogP contribution in [-0.4, -0.2) is 49.7 Å². The van der Waals surface area contributed by atoms with Crippen LogP contribution in [0.25, 0.3) is 0 Å². The van der Waals surface area contributed by atoms with E-state index in [9.17, 15) is 4.79 Å². The minimum Gasteiger partial charge on any atom is -0.454 e. The SMILES string of the molecule is O=C(c1cccc2c1OCO2)N1CCCCC1C1OCCO1. The van der Waals surface area contributed by atoms with Gasteiger partial charge in [0.2, 0.25) is 6.79 Å². The molecule has 0 spiro atoms. The molecule has 6 nitrogen and oxygen atoms in total. The summed E-state index contributed by atoms with van der Waals surface area (Å²) in [6.07, 6.45) is 2.69. The standard InChI is InChI=1S/C16H19NO5/c18-15(11-4-3-6-13-14(11)22-10-21-13)17-7-2-1-5-12(17)16-19-8-9-20-16/h3-4,6,12,16H,1-2,5,7-10H2. The number of likely N-dealkylation sites (tertiary alicyclic amines) is 1. The molecule has 0 saturated carbocycles. The van der Waals surface area contributed by atoms with Crippen LogP contribution in [0, 0.1) is 0 Å². The molecule has 118 valence electrons. The zero-order chi connectivity index (χ0) is 14.9. The lowest BCUT2D eigenvalue weighted by Gasteiger charge is -2.38. The topological polar surface area (TPSA) is 57.2 Å². The van der Waals surface area contributed by atoms with E-state index >= 15 is 0 Å². The predicted molar refractivity (Wildman–Crippen MR) is 76.9 cm³/mol. The summed E-state index contributed by atoms with van der Waals surface area (Å²) in [7, 11) is 0. The van der Waals surface area contributed by atoms with E-state index in [4.69, 9.17) is 18.9 Å². The van der Waals surface area contributed by atoms with Gasteiger partial charge in [-0.1, -0.05) is 6.07 Å². The van der Waals surface area contributed by atoms with Crippen LogP contribution in [-0.2, 0) is 9.47 Å². The number of nitrogens with zero attached hydrogens (tertiary/aromatic N) is 1. The molecule has 2 saturated heterocycles. The average Bonchev–Trinajstić information content (AvgIpc) is 3.25. The van der Waals surface area contributed by atoms with Crippen molar-refractivity contribution >= 4 is 5.91 Å². The minimum atomic E-state index is -0.307. The van der Waals surface area contributed by atoms with Gasteiger partial charge >= 0.3 is 0 Å². The molecule has 0 radical (unpaired) electrons. The summed E-state index contributed by atoms with van der Waals surface area (Å²) in [6, 6.07) is 5.40. The second-order valence-corrected chi connectivity index (χ2v) is 5.71. The number of amides is 1. The fourth-order valence-corrected chi connectivity index (χ4v) is 3.34. The third kappa shape index (κ3) is 2.32. The van der Waals surface area contributed by atoms with Crippen LogP contribution >= 0.6 is 0 Å². The van der Waals surface area contributed by atoms with Gasteiger partial charge in [0.1, 0.15) is 0 Å². The largest absolute Gasteiger partial charge is 0.454 e. The van der Waals surface area contributed by atoms with Gasteiger partial charge in [0.15, 0.2) is 17.8 Å². The van der Waals surface area contributed by atoms with Crippen molar-refractivity contribution in [1.29, 1.82) is 0 Å². The highest BCUT2D eigenvalue weighted by molar-refractivity contribution is 5.98. The molecule has 3 heterocycles. The summed E-state index contributed by atoms with van der Waals surface area (Å²) in [5, 5.41) is 0. The number of benzene rings is 1. The Morgan fingerprint density at radius 3 is 2.86 bits per heavy atom. The van der Waals surface area contributed by atoms with Crippen LogP contribution in [0.3, 0.4) is 0 Å². The van der Waals surface area contributed by atoms with Crippen LogP contribution < -0.4 is 9.47 Å². The molecule has 3 aliphatic rings. The van der Waals surface area contributed by atoms with Crippen molar-refractivity contribution in [2.75, 3.05) is 26.6 Å². The maximum atomic E-state index is 13.0. The molecule has 0 bridgehead atoms. The molecule has 0 aliphatic carbocycles. The van der Waals surface area contributed by atoms with Gasteiger partial charge in [-0.2, -0.15) is 0 Å². The third-order valence-electron chi connectivity index (χ3n) is 4.40. The number of carbonyl (C=O) groups excluding carboxylic acids is 1. The lowest BCUT2D eigenvalue weighted by Crippen LogP contribution is -2.50. The van der Waals surface area contributed by atoms with Gasteiger partial charge in [-0.15, -0.1) is 0 Å². The van der Waals surface area contributed by atoms with Gasteiger partial charge in [-0.3, -0.25) is 4.79 Å². The highest BCUT2D eigenvalue weighted by Crippen LogP contribution is 2.37. The maximum absolute atomic E-state index is 13.0. The third-order valence-corrected chi connectivity index (χ3v) is 4.40. The number of hydrogen-bond donors (Lipinski definition) is 0. The van der Waals surface area contributed by atoms with Crippen molar-refractivity contribution in [3.05, 3.63) is 23.8 Å². The molecule has 1 amide bonds. The minimum absolute atomic E-state index is 0.0260. The van der Waals surface area contributed by atoms with E-state index in [1.54, 1.807) is 6.07 Å². The highest BCUT2D eigenvalue weighted by Gasteiger charge is 2.38. The summed E-state index contributed by atoms with van der Waals surface area (Å²) in [5.41, 5.74) is 0.555. The Bertz CT molecular complexity index is 570. The average molecular weight is 305 g/mol. The molecule has 1 atom stereocenters. The zero-order valence-electron chi connectivity index (χ0n) is 12.3. The summed E-state index contributed by atoms with van der Waals surface area (Å²) in [5.74, 6) is 1.14. The fraction of sp³-hybridized carbons (Fsp3) is 0.562. The van der Waals surface area contributed by atoms with Crippen LogP contribution in [0.15, 0.2) is 18.2 Å². The molecule has 1 aromatic rings. The van der Waals surface area contributed by atoms with Gasteiger partial charge in [0.25, 0.3) is 5.91 Å². The van der Waals surface area contributed by atoms with Crippen LogP contribution in [0.1, 0.15) is 29.6 Å². The van der Waals surface area contributed by atoms with Gasteiger partial charge in [0, 0.05) is 6.54 Å². The second-order valence-electron chi connectivity index (χ2n) is 5.71. The molecule has 1 unspecified atom stereocenters. The number of fused-ring (bicyclic) bond motifs is 1. The van der Waals surface area contributed by atoms with E-state index < -0.39 is 0 Å². The summed E-state index contributed by atoms with van der Waals surface area (Å²) >= 11 is 0. The van der Waals surface area contributed by atoms with Crippen molar-refractivity contribution in [3.63, 3.8) is 0 Å². The molecule has 4 rings (SSSR count). The quantitative estimate of drug-likeness (QED) is 0.833. The Morgan fingerprint density at radius 1 is 1.14 bits per heavy atom. The van der Waals surface area contributed by atoms with E-state index in [0.29, 0.717) is 30.3 Å². The number of para-hydroxylation sites is 1. The van der Waals surface area contributed by atoms with E-state index in [-0.39, 0.29) is 25.0 Å². The summed E-state index contributed by atoms with van der Waals surface area (Å²) in [4.78, 5) is 14.9. The fourth-order valence-electron chi connectivity index (χ4n) is 3.34. The van der Waals surface area contributed by atoms with Crippen molar-refractivity contribution in [3.8, 4) is 11.5 Å². The monoisotopic (exact) mass is 305 g/mol. The molecule has 1 aromatic carbocycles. The first-order chi connectivity index (χ1) is 10.8. The van der Waals surface area contributed by atoms with Gasteiger partial charge in [-0.25, -0.2) is 0 Å². The number of carbonyl (C=O) groups is 1. The number of piperidine rings is 1. The van der Waals surface area contributed by atoms with Crippen molar-refractivity contribution in [1.82, 2.24) is 4.90 Å². The van der Waals surface area contributed by atoms with Crippen molar-refractivity contribution in [2.24, 2.45) is 0 Å². The van der Waals surface area contributed by atoms with E-state index in [0.717, 1.165) is 25.8 Å². The van der Waals surface area contributed by atoms with Gasteiger partial charge < -0.3 is 23.8 Å². The molecule has 22 heavy (non-hydrogen) atoms. The van der Waals surface area contributed by atoms with E-state index in [1.807, 2.05) is 17.0 Å². The Kier molecular flexibility index (Phi) is 3.63. The Hall–Kier alpha value is -1.79. The highest BCUT2D eigenvalue weighted by atomic mass is 16.7. The Morgan fingerprint density at radius 2 is 2.00 bits per heavy atom. The molecular weight excluding hydrogens is 286 g/mol. The van der Waals surface area contributed by atoms with Crippen molar-refractivity contribution < 1.29 is 23.7 Å². The predicted octanol–water partition coefficient (Wildman–Crippen LogP) is 1.78. The maximum Gasteiger partial charge on any atom is 0.258 e. The smallest absolute Gasteiger partial charge is 0.258 e. The van der Waals surface area contributed by atoms with Crippen LogP contribution in [0.2, 0.25) is 0 Å². The molecule has 0 aromatic heterocycles. The molecule has 6 heteroatoms. The first-order valence-corrected chi connectivity index (χ1v) is 7.77. The summed E-state index contributed by atoms with van der Waals surface area (Å²) in [6.45, 7) is 2.08. The van der Waals surface area contributed by atoms with E-state index in [1.165, 1.54) is 0 Å². The first-order valence-electron chi connectivity index (χ1n) is 7.77. The number of ether oxygens (including phenoxy) is 4. The molecule has 3 aliphatic heterocycles.